The quantitative estimate of drug-likeness (QED) is 0.636. The van der Waals surface area contributed by atoms with Crippen molar-refractivity contribution in [3.8, 4) is 5.75 Å². The van der Waals surface area contributed by atoms with E-state index < -0.39 is 27.0 Å². The maximum Gasteiger partial charge on any atom is 0.320 e. The van der Waals surface area contributed by atoms with Gasteiger partial charge < -0.3 is 10.0 Å². The minimum atomic E-state index is -0.916. The van der Waals surface area contributed by atoms with Gasteiger partial charge in [0.25, 0.3) is 5.75 Å². The Morgan fingerprint density at radius 2 is 1.50 bits per heavy atom. The Hall–Kier alpha value is -2.38. The van der Waals surface area contributed by atoms with Crippen molar-refractivity contribution in [2.45, 2.75) is 13.8 Å². The van der Waals surface area contributed by atoms with Crippen molar-refractivity contribution in [1.82, 2.24) is 0 Å². The Morgan fingerprint density at radius 3 is 1.78 bits per heavy atom. The fraction of sp³-hybridized carbons (Fsp3) is 0.400. The van der Waals surface area contributed by atoms with Gasteiger partial charge in [-0.3, -0.25) is 20.2 Å². The molecule has 0 aromatic heterocycles. The SMILES string of the molecule is CCN(CC)c1cc([N+](=O)[O-])c(O)c([N+](=O)[O-])c1. The molecule has 0 radical (unpaired) electrons. The van der Waals surface area contributed by atoms with Crippen LogP contribution in [0, 0.1) is 20.2 Å². The van der Waals surface area contributed by atoms with Crippen molar-refractivity contribution in [3.05, 3.63) is 32.4 Å². The van der Waals surface area contributed by atoms with Crippen LogP contribution in [0.2, 0.25) is 0 Å². The number of nitrogens with zero attached hydrogens (tertiary/aromatic N) is 3. The smallest absolute Gasteiger partial charge is 0.320 e. The zero-order chi connectivity index (χ0) is 13.9. The van der Waals surface area contributed by atoms with Gasteiger partial charge in [0.15, 0.2) is 0 Å². The molecule has 0 heterocycles. The summed E-state index contributed by atoms with van der Waals surface area (Å²) in [5.74, 6) is -0.916. The van der Waals surface area contributed by atoms with Crippen molar-refractivity contribution in [3.63, 3.8) is 0 Å². The molecule has 18 heavy (non-hydrogen) atoms. The lowest BCUT2D eigenvalue weighted by Gasteiger charge is -2.20. The first-order chi connectivity index (χ1) is 8.42. The van der Waals surface area contributed by atoms with Crippen LogP contribution in [0.5, 0.6) is 5.75 Å². The lowest BCUT2D eigenvalue weighted by atomic mass is 10.2. The first-order valence-electron chi connectivity index (χ1n) is 5.33. The number of hydrogen-bond acceptors (Lipinski definition) is 6. The number of rotatable bonds is 5. The molecule has 0 amide bonds. The molecule has 0 bridgehead atoms. The Labute approximate surface area is 103 Å². The summed E-state index contributed by atoms with van der Waals surface area (Å²) < 4.78 is 0. The maximum atomic E-state index is 10.8. The summed E-state index contributed by atoms with van der Waals surface area (Å²) in [6, 6.07) is 2.27. The van der Waals surface area contributed by atoms with Gasteiger partial charge in [-0.05, 0) is 13.8 Å². The predicted octanol–water partition coefficient (Wildman–Crippen LogP) is 2.05. The number of nitro groups is 2. The van der Waals surface area contributed by atoms with Gasteiger partial charge in [-0.15, -0.1) is 0 Å². The number of nitro benzene ring substituents is 2. The number of phenolic OH excluding ortho intramolecular Hbond substituents is 1. The lowest BCUT2D eigenvalue weighted by molar-refractivity contribution is -0.396. The van der Waals surface area contributed by atoms with Crippen LogP contribution in [0.15, 0.2) is 12.1 Å². The zero-order valence-electron chi connectivity index (χ0n) is 9.99. The molecule has 1 N–H and O–H groups in total. The first-order valence-corrected chi connectivity index (χ1v) is 5.33. The van der Waals surface area contributed by atoms with E-state index in [0.717, 1.165) is 12.1 Å². The average Bonchev–Trinajstić information content (AvgIpc) is 2.31. The second-order valence-electron chi connectivity index (χ2n) is 3.52. The second-order valence-corrected chi connectivity index (χ2v) is 3.52. The number of aromatic hydroxyl groups is 1. The molecular formula is C10H13N3O5. The number of benzene rings is 1. The molecule has 0 aliphatic carbocycles. The Balaban J connectivity index is 3.47. The molecule has 0 aliphatic heterocycles. The Kier molecular flexibility index (Phi) is 4.03. The highest BCUT2D eigenvalue weighted by atomic mass is 16.6. The minimum Gasteiger partial charge on any atom is -0.497 e. The van der Waals surface area contributed by atoms with E-state index in [1.807, 2.05) is 13.8 Å². The van der Waals surface area contributed by atoms with Crippen LogP contribution in [-0.4, -0.2) is 28.0 Å². The third-order valence-corrected chi connectivity index (χ3v) is 2.58. The van der Waals surface area contributed by atoms with E-state index in [1.165, 1.54) is 0 Å². The third-order valence-electron chi connectivity index (χ3n) is 2.58. The average molecular weight is 255 g/mol. The second kappa shape index (κ2) is 5.30. The largest absolute Gasteiger partial charge is 0.497 e. The molecule has 1 aromatic carbocycles. The summed E-state index contributed by atoms with van der Waals surface area (Å²) in [7, 11) is 0. The van der Waals surface area contributed by atoms with Crippen LogP contribution in [0.1, 0.15) is 13.8 Å². The standard InChI is InChI=1S/C10H13N3O5/c1-3-11(4-2)7-5-8(12(15)16)10(14)9(6-7)13(17)18/h5-6,14H,3-4H2,1-2H3. The third kappa shape index (κ3) is 2.47. The van der Waals surface area contributed by atoms with Gasteiger partial charge in [-0.25, -0.2) is 0 Å². The fourth-order valence-corrected chi connectivity index (χ4v) is 1.64. The topological polar surface area (TPSA) is 110 Å². The van der Waals surface area contributed by atoms with Crippen molar-refractivity contribution in [2.24, 2.45) is 0 Å². The van der Waals surface area contributed by atoms with E-state index >= 15 is 0 Å². The van der Waals surface area contributed by atoms with Crippen LogP contribution in [0.25, 0.3) is 0 Å². The zero-order valence-corrected chi connectivity index (χ0v) is 9.99. The van der Waals surface area contributed by atoms with Crippen LogP contribution in [0.3, 0.4) is 0 Å². The lowest BCUT2D eigenvalue weighted by Crippen LogP contribution is -2.22. The van der Waals surface area contributed by atoms with Crippen LogP contribution < -0.4 is 4.90 Å². The minimum absolute atomic E-state index is 0.344. The van der Waals surface area contributed by atoms with E-state index in [1.54, 1.807) is 4.90 Å². The number of anilines is 1. The number of hydrogen-bond donors (Lipinski definition) is 1. The number of phenols is 1. The van der Waals surface area contributed by atoms with E-state index in [0.29, 0.717) is 18.8 Å². The van der Waals surface area contributed by atoms with E-state index in [4.69, 9.17) is 0 Å². The van der Waals surface area contributed by atoms with E-state index in [9.17, 15) is 25.3 Å². The Bertz CT molecular complexity index is 449. The molecule has 0 saturated heterocycles. The molecule has 0 unspecified atom stereocenters. The molecule has 0 aliphatic rings. The van der Waals surface area contributed by atoms with E-state index in [-0.39, 0.29) is 0 Å². The van der Waals surface area contributed by atoms with Crippen LogP contribution in [0.4, 0.5) is 17.1 Å². The van der Waals surface area contributed by atoms with Gasteiger partial charge in [0, 0.05) is 25.2 Å². The molecule has 8 heteroatoms. The summed E-state index contributed by atoms with van der Waals surface area (Å²) >= 11 is 0. The van der Waals surface area contributed by atoms with Crippen LogP contribution in [-0.2, 0) is 0 Å². The van der Waals surface area contributed by atoms with Gasteiger partial charge in [0.2, 0.25) is 0 Å². The molecule has 1 rings (SSSR count). The monoisotopic (exact) mass is 255 g/mol. The van der Waals surface area contributed by atoms with Crippen molar-refractivity contribution < 1.29 is 15.0 Å². The van der Waals surface area contributed by atoms with Crippen molar-refractivity contribution >= 4 is 17.1 Å². The van der Waals surface area contributed by atoms with Gasteiger partial charge >= 0.3 is 11.4 Å². The highest BCUT2D eigenvalue weighted by molar-refractivity contribution is 5.69. The van der Waals surface area contributed by atoms with Gasteiger partial charge in [-0.1, -0.05) is 0 Å². The molecule has 98 valence electrons. The van der Waals surface area contributed by atoms with Crippen molar-refractivity contribution in [1.29, 1.82) is 0 Å². The highest BCUT2D eigenvalue weighted by Gasteiger charge is 2.27. The highest BCUT2D eigenvalue weighted by Crippen LogP contribution is 2.39. The van der Waals surface area contributed by atoms with Crippen molar-refractivity contribution in [2.75, 3.05) is 18.0 Å². The molecule has 0 fully saturated rings. The normalized spacial score (nSPS) is 10.1. The molecule has 1 aromatic rings. The van der Waals surface area contributed by atoms with Gasteiger partial charge in [0.05, 0.1) is 15.5 Å². The van der Waals surface area contributed by atoms with E-state index in [2.05, 4.69) is 0 Å². The summed E-state index contributed by atoms with van der Waals surface area (Å²) in [5.41, 5.74) is -0.978. The summed E-state index contributed by atoms with van der Waals surface area (Å²) in [5, 5.41) is 31.0. The molecule has 8 nitrogen and oxygen atoms in total. The van der Waals surface area contributed by atoms with Gasteiger partial charge in [0.1, 0.15) is 0 Å². The molecular weight excluding hydrogens is 242 g/mol. The predicted molar refractivity (Wildman–Crippen MR) is 65.0 cm³/mol. The maximum absolute atomic E-state index is 10.8. The van der Waals surface area contributed by atoms with Gasteiger partial charge in [-0.2, -0.15) is 0 Å². The van der Waals surface area contributed by atoms with Crippen LogP contribution >= 0.6 is 0 Å². The Morgan fingerprint density at radius 1 is 1.11 bits per heavy atom. The molecule has 0 spiro atoms. The summed E-state index contributed by atoms with van der Waals surface area (Å²) in [6.07, 6.45) is 0. The summed E-state index contributed by atoms with van der Waals surface area (Å²) in [4.78, 5) is 21.6. The summed E-state index contributed by atoms with van der Waals surface area (Å²) in [6.45, 7) is 4.76. The molecule has 0 saturated carbocycles. The first kappa shape index (κ1) is 13.7. The molecule has 0 atom stereocenters. The fourth-order valence-electron chi connectivity index (χ4n) is 1.64.